The molecule has 0 spiro atoms. The molecule has 5 nitrogen and oxygen atoms in total. The van der Waals surface area contributed by atoms with Crippen LogP contribution in [0, 0.1) is 0 Å². The van der Waals surface area contributed by atoms with E-state index in [9.17, 15) is 9.59 Å². The summed E-state index contributed by atoms with van der Waals surface area (Å²) in [5.74, 6) is -0.255. The van der Waals surface area contributed by atoms with Crippen molar-refractivity contribution in [3.63, 3.8) is 0 Å². The van der Waals surface area contributed by atoms with E-state index in [1.54, 1.807) is 31.2 Å². The maximum atomic E-state index is 11.6. The molecule has 0 radical (unpaired) electrons. The van der Waals surface area contributed by atoms with Crippen LogP contribution in [0.5, 0.6) is 0 Å². The third kappa shape index (κ3) is 4.86. The summed E-state index contributed by atoms with van der Waals surface area (Å²) in [6.45, 7) is 2.04. The molecule has 0 aliphatic carbocycles. The van der Waals surface area contributed by atoms with Crippen molar-refractivity contribution >= 4 is 27.9 Å². The van der Waals surface area contributed by atoms with Crippen LogP contribution in [0.25, 0.3) is 0 Å². The number of halogens is 1. The van der Waals surface area contributed by atoms with Gasteiger partial charge in [-0.15, -0.1) is 0 Å². The van der Waals surface area contributed by atoms with Crippen LogP contribution < -0.4 is 10.6 Å². The highest BCUT2D eigenvalue weighted by atomic mass is 79.9. The fraction of sp³-hybridized carbons (Fsp3) is 0.273. The van der Waals surface area contributed by atoms with E-state index in [0.29, 0.717) is 12.2 Å². The molecule has 6 heteroatoms. The van der Waals surface area contributed by atoms with E-state index in [2.05, 4.69) is 31.3 Å². The molecule has 0 fully saturated rings. The van der Waals surface area contributed by atoms with Crippen molar-refractivity contribution in [3.05, 3.63) is 34.3 Å². The van der Waals surface area contributed by atoms with Gasteiger partial charge in [0, 0.05) is 10.0 Å². The van der Waals surface area contributed by atoms with Crippen LogP contribution in [-0.2, 0) is 4.74 Å². The van der Waals surface area contributed by atoms with Crippen molar-refractivity contribution in [2.24, 2.45) is 0 Å². The fourth-order valence-corrected chi connectivity index (χ4v) is 1.35. The molecule has 0 aliphatic rings. The number of carbonyl (C=O) groups is 2. The molecule has 17 heavy (non-hydrogen) atoms. The molecular weight excluding hydrogens is 288 g/mol. The van der Waals surface area contributed by atoms with Crippen LogP contribution in [0.1, 0.15) is 17.3 Å². The molecule has 1 aromatic carbocycles. The first kappa shape index (κ1) is 13.5. The zero-order valence-corrected chi connectivity index (χ0v) is 10.9. The van der Waals surface area contributed by atoms with Gasteiger partial charge in [-0.3, -0.25) is 4.79 Å². The van der Waals surface area contributed by atoms with Crippen LogP contribution in [0.15, 0.2) is 28.7 Å². The normalized spacial score (nSPS) is 9.53. The second-order valence-corrected chi connectivity index (χ2v) is 4.00. The molecule has 2 N–H and O–H groups in total. The monoisotopic (exact) mass is 300 g/mol. The van der Waals surface area contributed by atoms with Crippen LogP contribution in [0.3, 0.4) is 0 Å². The predicted molar refractivity (Wildman–Crippen MR) is 66.6 cm³/mol. The number of benzene rings is 1. The Morgan fingerprint density at radius 2 is 1.88 bits per heavy atom. The van der Waals surface area contributed by atoms with Gasteiger partial charge < -0.3 is 15.4 Å². The van der Waals surface area contributed by atoms with E-state index in [1.807, 2.05) is 0 Å². The molecular formula is C11H13BrN2O3. The molecule has 1 aromatic rings. The van der Waals surface area contributed by atoms with Gasteiger partial charge in [-0.25, -0.2) is 4.79 Å². The summed E-state index contributed by atoms with van der Waals surface area (Å²) in [7, 11) is 0. The smallest absolute Gasteiger partial charge is 0.408 e. The average Bonchev–Trinajstić information content (AvgIpc) is 2.30. The first-order valence-electron chi connectivity index (χ1n) is 5.08. The standard InChI is InChI=1S/C11H13BrN2O3/c1-2-17-11(16)14-7-13-10(15)8-3-5-9(12)6-4-8/h3-6H,2,7H2,1H3,(H,13,15)(H,14,16). The van der Waals surface area contributed by atoms with Crippen molar-refractivity contribution in [1.82, 2.24) is 10.6 Å². The largest absolute Gasteiger partial charge is 0.450 e. The zero-order chi connectivity index (χ0) is 12.7. The average molecular weight is 301 g/mol. The third-order valence-corrected chi connectivity index (χ3v) is 2.39. The fourth-order valence-electron chi connectivity index (χ4n) is 1.08. The lowest BCUT2D eigenvalue weighted by Crippen LogP contribution is -2.37. The number of ether oxygens (including phenoxy) is 1. The van der Waals surface area contributed by atoms with E-state index in [4.69, 9.17) is 0 Å². The first-order valence-corrected chi connectivity index (χ1v) is 5.87. The maximum absolute atomic E-state index is 11.6. The lowest BCUT2D eigenvalue weighted by molar-refractivity contribution is 0.0948. The molecule has 0 bridgehead atoms. The van der Waals surface area contributed by atoms with Gasteiger partial charge in [0.2, 0.25) is 0 Å². The van der Waals surface area contributed by atoms with Gasteiger partial charge in [0.15, 0.2) is 0 Å². The minimum absolute atomic E-state index is 0.0354. The van der Waals surface area contributed by atoms with Gasteiger partial charge in [-0.05, 0) is 31.2 Å². The summed E-state index contributed by atoms with van der Waals surface area (Å²) in [6.07, 6.45) is -0.552. The molecule has 2 amide bonds. The Kier molecular flexibility index (Phi) is 5.48. The van der Waals surface area contributed by atoms with E-state index >= 15 is 0 Å². The predicted octanol–water partition coefficient (Wildman–Crippen LogP) is 1.88. The number of hydrogen-bond donors (Lipinski definition) is 2. The Morgan fingerprint density at radius 3 is 2.47 bits per heavy atom. The number of alkyl carbamates (subject to hydrolysis) is 1. The number of hydrogen-bond acceptors (Lipinski definition) is 3. The van der Waals surface area contributed by atoms with Gasteiger partial charge in [0.1, 0.15) is 0 Å². The molecule has 0 unspecified atom stereocenters. The minimum Gasteiger partial charge on any atom is -0.450 e. The Labute approximate surface area is 108 Å². The van der Waals surface area contributed by atoms with Crippen LogP contribution in [-0.4, -0.2) is 25.3 Å². The second kappa shape index (κ2) is 6.90. The van der Waals surface area contributed by atoms with E-state index in [1.165, 1.54) is 0 Å². The molecule has 0 aromatic heterocycles. The van der Waals surface area contributed by atoms with Crippen LogP contribution >= 0.6 is 15.9 Å². The summed E-state index contributed by atoms with van der Waals surface area (Å²) in [5, 5.41) is 4.93. The minimum atomic E-state index is -0.552. The van der Waals surface area contributed by atoms with Gasteiger partial charge >= 0.3 is 6.09 Å². The van der Waals surface area contributed by atoms with Gasteiger partial charge in [-0.2, -0.15) is 0 Å². The molecule has 0 saturated carbocycles. The highest BCUT2D eigenvalue weighted by molar-refractivity contribution is 9.10. The maximum Gasteiger partial charge on any atom is 0.408 e. The topological polar surface area (TPSA) is 67.4 Å². The molecule has 0 heterocycles. The second-order valence-electron chi connectivity index (χ2n) is 3.09. The van der Waals surface area contributed by atoms with Gasteiger partial charge in [-0.1, -0.05) is 15.9 Å². The van der Waals surface area contributed by atoms with Crippen LogP contribution in [0.4, 0.5) is 4.79 Å². The summed E-state index contributed by atoms with van der Waals surface area (Å²) in [6, 6.07) is 6.91. The van der Waals surface area contributed by atoms with Crippen molar-refractivity contribution in [2.45, 2.75) is 6.92 Å². The first-order chi connectivity index (χ1) is 8.13. The zero-order valence-electron chi connectivity index (χ0n) is 9.33. The quantitative estimate of drug-likeness (QED) is 0.834. The van der Waals surface area contributed by atoms with Gasteiger partial charge in [0.05, 0.1) is 13.3 Å². The lowest BCUT2D eigenvalue weighted by Gasteiger charge is -2.07. The molecule has 0 atom stereocenters. The Morgan fingerprint density at radius 1 is 1.24 bits per heavy atom. The molecule has 1 rings (SSSR count). The van der Waals surface area contributed by atoms with E-state index in [-0.39, 0.29) is 12.6 Å². The van der Waals surface area contributed by atoms with Gasteiger partial charge in [0.25, 0.3) is 5.91 Å². The van der Waals surface area contributed by atoms with E-state index in [0.717, 1.165) is 4.47 Å². The van der Waals surface area contributed by atoms with Crippen molar-refractivity contribution in [1.29, 1.82) is 0 Å². The molecule has 0 aliphatic heterocycles. The number of carbonyl (C=O) groups excluding carboxylic acids is 2. The Bertz CT molecular complexity index is 392. The van der Waals surface area contributed by atoms with Crippen LogP contribution in [0.2, 0.25) is 0 Å². The Hall–Kier alpha value is -1.56. The highest BCUT2D eigenvalue weighted by Gasteiger charge is 2.05. The lowest BCUT2D eigenvalue weighted by atomic mass is 10.2. The molecule has 0 saturated heterocycles. The Balaban J connectivity index is 2.35. The van der Waals surface area contributed by atoms with Crippen molar-refractivity contribution < 1.29 is 14.3 Å². The molecule has 92 valence electrons. The van der Waals surface area contributed by atoms with Crippen molar-refractivity contribution in [2.75, 3.05) is 13.3 Å². The number of amides is 2. The summed E-state index contributed by atoms with van der Waals surface area (Å²) >= 11 is 3.28. The number of rotatable bonds is 4. The number of nitrogens with one attached hydrogen (secondary N) is 2. The summed E-state index contributed by atoms with van der Waals surface area (Å²) in [5.41, 5.74) is 0.527. The SMILES string of the molecule is CCOC(=O)NCNC(=O)c1ccc(Br)cc1. The summed E-state index contributed by atoms with van der Waals surface area (Å²) in [4.78, 5) is 22.5. The highest BCUT2D eigenvalue weighted by Crippen LogP contribution is 2.10. The van der Waals surface area contributed by atoms with Crippen molar-refractivity contribution in [3.8, 4) is 0 Å². The summed E-state index contributed by atoms with van der Waals surface area (Å²) < 4.78 is 5.54. The third-order valence-electron chi connectivity index (χ3n) is 1.86. The van der Waals surface area contributed by atoms with E-state index < -0.39 is 6.09 Å².